The van der Waals surface area contributed by atoms with Crippen molar-refractivity contribution in [2.75, 3.05) is 13.1 Å². The minimum absolute atomic E-state index is 0.279. The zero-order chi connectivity index (χ0) is 16.2. The van der Waals surface area contributed by atoms with Gasteiger partial charge in [0.1, 0.15) is 18.0 Å². The van der Waals surface area contributed by atoms with Crippen molar-refractivity contribution in [1.82, 2.24) is 4.90 Å². The van der Waals surface area contributed by atoms with Crippen molar-refractivity contribution < 1.29 is 14.6 Å². The largest absolute Gasteiger partial charge is 0.486 e. The molecule has 0 aromatic heterocycles. The van der Waals surface area contributed by atoms with E-state index in [-0.39, 0.29) is 6.10 Å². The van der Waals surface area contributed by atoms with Crippen LogP contribution in [-0.2, 0) is 6.54 Å². The Labute approximate surface area is 135 Å². The van der Waals surface area contributed by atoms with Gasteiger partial charge in [-0.05, 0) is 29.8 Å². The number of carbonyl (C=O) groups excluding carboxylic acids is 1. The van der Waals surface area contributed by atoms with Gasteiger partial charge in [0.05, 0.1) is 0 Å². The van der Waals surface area contributed by atoms with E-state index in [1.165, 1.54) is 5.56 Å². The van der Waals surface area contributed by atoms with Gasteiger partial charge in [-0.25, -0.2) is 0 Å². The van der Waals surface area contributed by atoms with Crippen LogP contribution in [0.1, 0.15) is 15.9 Å². The summed E-state index contributed by atoms with van der Waals surface area (Å²) in [4.78, 5) is 13.2. The Morgan fingerprint density at radius 1 is 1.13 bits per heavy atom. The summed E-state index contributed by atoms with van der Waals surface area (Å²) in [5.74, 6) is 0.159. The highest BCUT2D eigenvalue weighted by Gasteiger charge is 2.32. The summed E-state index contributed by atoms with van der Waals surface area (Å²) in [6, 6.07) is 16.8. The standard InChI is InChI=1S/C18H20N2O3/c19-18(22)14-6-8-15(9-7-14)23-17-12-20(11-16(17)21)10-13-4-2-1-3-5-13/h1-9,16-17,21H,10-12H2,(H2,19,22)/t16-,17-/m0/s1. The fourth-order valence-electron chi connectivity index (χ4n) is 2.79. The van der Waals surface area contributed by atoms with Crippen molar-refractivity contribution in [2.45, 2.75) is 18.8 Å². The van der Waals surface area contributed by atoms with E-state index in [9.17, 15) is 9.90 Å². The van der Waals surface area contributed by atoms with E-state index in [4.69, 9.17) is 10.5 Å². The van der Waals surface area contributed by atoms with Crippen molar-refractivity contribution >= 4 is 5.91 Å². The first-order valence-electron chi connectivity index (χ1n) is 7.62. The number of aliphatic hydroxyl groups excluding tert-OH is 1. The number of likely N-dealkylation sites (tertiary alicyclic amines) is 1. The normalized spacial score (nSPS) is 21.3. The summed E-state index contributed by atoms with van der Waals surface area (Å²) in [5, 5.41) is 10.2. The van der Waals surface area contributed by atoms with Gasteiger partial charge in [-0.15, -0.1) is 0 Å². The molecule has 0 unspecified atom stereocenters. The molecule has 1 amide bonds. The number of nitrogens with zero attached hydrogens (tertiary/aromatic N) is 1. The van der Waals surface area contributed by atoms with Gasteiger partial charge in [0, 0.05) is 25.2 Å². The summed E-state index contributed by atoms with van der Waals surface area (Å²) in [6.45, 7) is 2.03. The molecule has 120 valence electrons. The quantitative estimate of drug-likeness (QED) is 0.875. The number of amides is 1. The maximum Gasteiger partial charge on any atom is 0.248 e. The van der Waals surface area contributed by atoms with Crippen molar-refractivity contribution in [3.8, 4) is 5.75 Å². The average Bonchev–Trinajstić information content (AvgIpc) is 2.88. The van der Waals surface area contributed by atoms with Crippen LogP contribution in [0, 0.1) is 0 Å². The SMILES string of the molecule is NC(=O)c1ccc(O[C@H]2CN(Cc3ccccc3)C[C@@H]2O)cc1. The lowest BCUT2D eigenvalue weighted by atomic mass is 10.2. The molecular formula is C18H20N2O3. The first-order valence-corrected chi connectivity index (χ1v) is 7.62. The number of β-amino-alcohol motifs (C(OH)–C–C–N with tert-alkyl or cyclic N) is 1. The van der Waals surface area contributed by atoms with Gasteiger partial charge in [0.25, 0.3) is 0 Å². The number of primary amides is 1. The zero-order valence-corrected chi connectivity index (χ0v) is 12.8. The van der Waals surface area contributed by atoms with E-state index in [0.29, 0.717) is 24.4 Å². The van der Waals surface area contributed by atoms with Crippen molar-refractivity contribution in [3.05, 3.63) is 65.7 Å². The summed E-state index contributed by atoms with van der Waals surface area (Å²) >= 11 is 0. The monoisotopic (exact) mass is 312 g/mol. The van der Waals surface area contributed by atoms with Gasteiger partial charge in [-0.1, -0.05) is 30.3 Å². The molecule has 0 radical (unpaired) electrons. The molecular weight excluding hydrogens is 292 g/mol. The van der Waals surface area contributed by atoms with E-state index >= 15 is 0 Å². The minimum Gasteiger partial charge on any atom is -0.486 e. The van der Waals surface area contributed by atoms with E-state index in [2.05, 4.69) is 17.0 Å². The maximum atomic E-state index is 11.1. The third-order valence-corrected chi connectivity index (χ3v) is 3.99. The third-order valence-electron chi connectivity index (χ3n) is 3.99. The van der Waals surface area contributed by atoms with Crippen LogP contribution >= 0.6 is 0 Å². The lowest BCUT2D eigenvalue weighted by molar-refractivity contribution is 0.0736. The fourth-order valence-corrected chi connectivity index (χ4v) is 2.79. The van der Waals surface area contributed by atoms with E-state index < -0.39 is 12.0 Å². The molecule has 3 rings (SSSR count). The number of aliphatic hydroxyl groups is 1. The van der Waals surface area contributed by atoms with E-state index in [1.54, 1.807) is 24.3 Å². The van der Waals surface area contributed by atoms with Crippen LogP contribution < -0.4 is 10.5 Å². The van der Waals surface area contributed by atoms with Crippen LogP contribution in [0.2, 0.25) is 0 Å². The van der Waals surface area contributed by atoms with Gasteiger partial charge < -0.3 is 15.6 Å². The molecule has 5 heteroatoms. The van der Waals surface area contributed by atoms with Gasteiger partial charge >= 0.3 is 0 Å². The minimum atomic E-state index is -0.533. The van der Waals surface area contributed by atoms with Gasteiger partial charge in [0.2, 0.25) is 5.91 Å². The van der Waals surface area contributed by atoms with Crippen LogP contribution in [0.25, 0.3) is 0 Å². The molecule has 1 saturated heterocycles. The lowest BCUT2D eigenvalue weighted by Gasteiger charge is -2.17. The number of hydrogen-bond donors (Lipinski definition) is 2. The first kappa shape index (κ1) is 15.5. The highest BCUT2D eigenvalue weighted by atomic mass is 16.5. The molecule has 0 saturated carbocycles. The highest BCUT2D eigenvalue weighted by molar-refractivity contribution is 5.92. The molecule has 5 nitrogen and oxygen atoms in total. The summed E-state index contributed by atoms with van der Waals surface area (Å²) in [7, 11) is 0. The molecule has 1 fully saturated rings. The summed E-state index contributed by atoms with van der Waals surface area (Å²) < 4.78 is 5.85. The predicted octanol–water partition coefficient (Wildman–Crippen LogP) is 1.41. The van der Waals surface area contributed by atoms with Gasteiger partial charge in [-0.3, -0.25) is 9.69 Å². The number of nitrogens with two attached hydrogens (primary N) is 1. The summed E-state index contributed by atoms with van der Waals surface area (Å²) in [6.07, 6.45) is -0.812. The second-order valence-corrected chi connectivity index (χ2v) is 5.79. The van der Waals surface area contributed by atoms with Crippen LogP contribution in [-0.4, -0.2) is 41.2 Å². The Hall–Kier alpha value is -2.37. The Balaban J connectivity index is 1.59. The molecule has 1 heterocycles. The number of carbonyl (C=O) groups is 1. The van der Waals surface area contributed by atoms with Gasteiger partial charge in [0.15, 0.2) is 0 Å². The van der Waals surface area contributed by atoms with Crippen LogP contribution in [0.3, 0.4) is 0 Å². The fraction of sp³-hybridized carbons (Fsp3) is 0.278. The lowest BCUT2D eigenvalue weighted by Crippen LogP contribution is -2.29. The van der Waals surface area contributed by atoms with Crippen molar-refractivity contribution in [3.63, 3.8) is 0 Å². The van der Waals surface area contributed by atoms with Gasteiger partial charge in [-0.2, -0.15) is 0 Å². The Morgan fingerprint density at radius 3 is 2.48 bits per heavy atom. The second kappa shape index (κ2) is 6.81. The topological polar surface area (TPSA) is 75.8 Å². The molecule has 2 aromatic carbocycles. The smallest absolute Gasteiger partial charge is 0.248 e. The van der Waals surface area contributed by atoms with Crippen molar-refractivity contribution in [1.29, 1.82) is 0 Å². The molecule has 23 heavy (non-hydrogen) atoms. The number of hydrogen-bond acceptors (Lipinski definition) is 4. The van der Waals surface area contributed by atoms with Crippen LogP contribution in [0.15, 0.2) is 54.6 Å². The molecule has 1 aliphatic heterocycles. The van der Waals surface area contributed by atoms with Crippen molar-refractivity contribution in [2.24, 2.45) is 5.73 Å². The third kappa shape index (κ3) is 3.88. The number of ether oxygens (including phenoxy) is 1. The summed E-state index contributed by atoms with van der Waals surface area (Å²) in [5.41, 5.74) is 6.87. The predicted molar refractivity (Wildman–Crippen MR) is 87.1 cm³/mol. The molecule has 1 aliphatic rings. The molecule has 2 atom stereocenters. The molecule has 2 aromatic rings. The Kier molecular flexibility index (Phi) is 4.60. The first-order chi connectivity index (χ1) is 11.1. The van der Waals surface area contributed by atoms with Crippen LogP contribution in [0.5, 0.6) is 5.75 Å². The zero-order valence-electron chi connectivity index (χ0n) is 12.8. The Morgan fingerprint density at radius 2 is 1.83 bits per heavy atom. The highest BCUT2D eigenvalue weighted by Crippen LogP contribution is 2.21. The second-order valence-electron chi connectivity index (χ2n) is 5.79. The number of rotatable bonds is 5. The molecule has 0 bridgehead atoms. The number of benzene rings is 2. The van der Waals surface area contributed by atoms with E-state index in [0.717, 1.165) is 6.54 Å². The molecule has 3 N–H and O–H groups in total. The molecule has 0 spiro atoms. The van der Waals surface area contributed by atoms with E-state index in [1.807, 2.05) is 18.2 Å². The van der Waals surface area contributed by atoms with Crippen LogP contribution in [0.4, 0.5) is 0 Å². The average molecular weight is 312 g/mol. The molecule has 0 aliphatic carbocycles. The maximum absolute atomic E-state index is 11.1. The Bertz CT molecular complexity index is 658.